The van der Waals surface area contributed by atoms with Gasteiger partial charge in [0.25, 0.3) is 0 Å². The van der Waals surface area contributed by atoms with Crippen LogP contribution in [0.3, 0.4) is 0 Å². The first kappa shape index (κ1) is 15.6. The van der Waals surface area contributed by atoms with E-state index in [-0.39, 0.29) is 0 Å². The molecule has 0 radical (unpaired) electrons. The second-order valence-electron chi connectivity index (χ2n) is 5.82. The fourth-order valence-corrected chi connectivity index (χ4v) is 3.05. The van der Waals surface area contributed by atoms with Crippen LogP contribution in [0.5, 0.6) is 5.75 Å². The fourth-order valence-electron chi connectivity index (χ4n) is 3.05. The number of rotatable bonds is 6. The second-order valence-corrected chi connectivity index (χ2v) is 5.82. The molecule has 0 bridgehead atoms. The molecule has 0 saturated heterocycles. The van der Waals surface area contributed by atoms with E-state index in [1.807, 2.05) is 47.8 Å². The van der Waals surface area contributed by atoms with E-state index in [4.69, 9.17) is 4.74 Å². The Labute approximate surface area is 135 Å². The van der Waals surface area contributed by atoms with Gasteiger partial charge in [0.1, 0.15) is 17.6 Å². The summed E-state index contributed by atoms with van der Waals surface area (Å²) >= 11 is 0. The van der Waals surface area contributed by atoms with Gasteiger partial charge in [-0.2, -0.15) is 0 Å². The molecule has 0 fully saturated rings. The molecule has 2 heterocycles. The van der Waals surface area contributed by atoms with Crippen molar-refractivity contribution >= 4 is 5.97 Å². The van der Waals surface area contributed by atoms with Crippen LogP contribution in [0.4, 0.5) is 0 Å². The molecule has 1 aliphatic heterocycles. The molecule has 0 spiro atoms. The van der Waals surface area contributed by atoms with E-state index in [1.165, 1.54) is 0 Å². The normalized spacial score (nSPS) is 14.6. The third kappa shape index (κ3) is 3.07. The summed E-state index contributed by atoms with van der Waals surface area (Å²) < 4.78 is 7.69. The number of fused-ring (bicyclic) bond motifs is 1. The Hall–Kier alpha value is -2.34. The quantitative estimate of drug-likeness (QED) is 0.881. The number of nitrogens with zero attached hydrogens (tertiary/aromatic N) is 3. The second kappa shape index (κ2) is 6.42. The smallest absolute Gasteiger partial charge is 0.325 e. The number of hydrogen-bond donors (Lipinski definition) is 1. The van der Waals surface area contributed by atoms with Crippen LogP contribution < -0.4 is 4.74 Å². The van der Waals surface area contributed by atoms with E-state index in [0.717, 1.165) is 29.1 Å². The molecule has 0 aliphatic carbocycles. The van der Waals surface area contributed by atoms with Gasteiger partial charge in [-0.05, 0) is 19.5 Å². The van der Waals surface area contributed by atoms with Crippen LogP contribution in [0.1, 0.15) is 23.0 Å². The number of aromatic nitrogens is 2. The third-order valence-electron chi connectivity index (χ3n) is 4.33. The van der Waals surface area contributed by atoms with Gasteiger partial charge in [-0.3, -0.25) is 9.69 Å². The Balaban J connectivity index is 1.80. The van der Waals surface area contributed by atoms with Crippen LogP contribution in [0.2, 0.25) is 0 Å². The molecule has 1 atom stereocenters. The van der Waals surface area contributed by atoms with Crippen molar-refractivity contribution in [3.63, 3.8) is 0 Å². The zero-order valence-corrected chi connectivity index (χ0v) is 13.4. The maximum Gasteiger partial charge on any atom is 0.325 e. The predicted octanol–water partition coefficient (Wildman–Crippen LogP) is 1.88. The Morgan fingerprint density at radius 2 is 2.35 bits per heavy atom. The SMILES string of the molecule is Cc1nccn1CCN(C)[C@@H](C(=O)O)c1cccc2c1OCC2. The molecule has 1 aromatic carbocycles. The number of imidazole rings is 1. The van der Waals surface area contributed by atoms with Crippen molar-refractivity contribution < 1.29 is 14.6 Å². The van der Waals surface area contributed by atoms with Gasteiger partial charge in [-0.15, -0.1) is 0 Å². The third-order valence-corrected chi connectivity index (χ3v) is 4.33. The van der Waals surface area contributed by atoms with Crippen molar-refractivity contribution in [3.8, 4) is 5.75 Å². The highest BCUT2D eigenvalue weighted by atomic mass is 16.5. The van der Waals surface area contributed by atoms with E-state index < -0.39 is 12.0 Å². The number of ether oxygens (including phenoxy) is 1. The van der Waals surface area contributed by atoms with Gasteiger partial charge in [0.15, 0.2) is 0 Å². The van der Waals surface area contributed by atoms with Crippen molar-refractivity contribution in [2.75, 3.05) is 20.2 Å². The zero-order valence-electron chi connectivity index (χ0n) is 13.4. The van der Waals surface area contributed by atoms with E-state index in [1.54, 1.807) is 6.20 Å². The maximum atomic E-state index is 11.9. The van der Waals surface area contributed by atoms with E-state index in [0.29, 0.717) is 19.7 Å². The monoisotopic (exact) mass is 315 g/mol. The van der Waals surface area contributed by atoms with Crippen LogP contribution in [0, 0.1) is 6.92 Å². The van der Waals surface area contributed by atoms with Crippen LogP contribution in [-0.2, 0) is 17.8 Å². The van der Waals surface area contributed by atoms with Crippen molar-refractivity contribution in [3.05, 3.63) is 47.5 Å². The lowest BCUT2D eigenvalue weighted by Crippen LogP contribution is -2.33. The topological polar surface area (TPSA) is 67.6 Å². The number of aryl methyl sites for hydroxylation is 1. The molecule has 1 aliphatic rings. The van der Waals surface area contributed by atoms with E-state index in [2.05, 4.69) is 4.98 Å². The standard InChI is InChI=1S/C17H21N3O3/c1-12-18-7-8-20(12)10-9-19(2)15(17(21)22)14-5-3-4-13-6-11-23-16(13)14/h3-5,7-8,15H,6,9-11H2,1-2H3,(H,21,22)/t15-/m1/s1. The van der Waals surface area contributed by atoms with Gasteiger partial charge in [0.2, 0.25) is 0 Å². The lowest BCUT2D eigenvalue weighted by atomic mass is 10.0. The van der Waals surface area contributed by atoms with Crippen molar-refractivity contribution in [2.24, 2.45) is 0 Å². The minimum Gasteiger partial charge on any atom is -0.493 e. The summed E-state index contributed by atoms with van der Waals surface area (Å²) in [6.07, 6.45) is 4.50. The van der Waals surface area contributed by atoms with Crippen LogP contribution in [0.15, 0.2) is 30.6 Å². The molecule has 6 nitrogen and oxygen atoms in total. The van der Waals surface area contributed by atoms with Crippen molar-refractivity contribution in [2.45, 2.75) is 25.9 Å². The van der Waals surface area contributed by atoms with Gasteiger partial charge in [0.05, 0.1) is 6.61 Å². The molecule has 1 aromatic heterocycles. The van der Waals surface area contributed by atoms with Gasteiger partial charge in [-0.25, -0.2) is 4.98 Å². The first-order chi connectivity index (χ1) is 11.1. The molecule has 1 N–H and O–H groups in total. The van der Waals surface area contributed by atoms with Crippen LogP contribution in [0.25, 0.3) is 0 Å². The molecule has 122 valence electrons. The summed E-state index contributed by atoms with van der Waals surface area (Å²) in [5, 5.41) is 9.72. The fraction of sp³-hybridized carbons (Fsp3) is 0.412. The van der Waals surface area contributed by atoms with E-state index >= 15 is 0 Å². The zero-order chi connectivity index (χ0) is 16.4. The average molecular weight is 315 g/mol. The molecular weight excluding hydrogens is 294 g/mol. The average Bonchev–Trinajstić information content (AvgIpc) is 3.14. The summed E-state index contributed by atoms with van der Waals surface area (Å²) in [5.41, 5.74) is 1.82. The number of benzene rings is 1. The first-order valence-corrected chi connectivity index (χ1v) is 7.73. The number of para-hydroxylation sites is 1. The van der Waals surface area contributed by atoms with Crippen molar-refractivity contribution in [1.82, 2.24) is 14.5 Å². The highest BCUT2D eigenvalue weighted by Crippen LogP contribution is 2.35. The number of aliphatic carboxylic acids is 1. The van der Waals surface area contributed by atoms with Gasteiger partial charge in [0, 0.05) is 37.5 Å². The van der Waals surface area contributed by atoms with E-state index in [9.17, 15) is 9.90 Å². The Morgan fingerprint density at radius 1 is 1.52 bits per heavy atom. The molecule has 6 heteroatoms. The lowest BCUT2D eigenvalue weighted by Gasteiger charge is -2.26. The number of carboxylic acid groups (broad SMARTS) is 1. The Kier molecular flexibility index (Phi) is 4.34. The predicted molar refractivity (Wildman–Crippen MR) is 85.6 cm³/mol. The summed E-state index contributed by atoms with van der Waals surface area (Å²) in [6.45, 7) is 3.86. The summed E-state index contributed by atoms with van der Waals surface area (Å²) in [5.74, 6) is 0.804. The summed E-state index contributed by atoms with van der Waals surface area (Å²) in [6, 6.07) is 5.04. The molecule has 23 heavy (non-hydrogen) atoms. The summed E-state index contributed by atoms with van der Waals surface area (Å²) in [7, 11) is 1.83. The number of carbonyl (C=O) groups is 1. The van der Waals surface area contributed by atoms with Gasteiger partial charge >= 0.3 is 5.97 Å². The highest BCUT2D eigenvalue weighted by Gasteiger charge is 2.30. The van der Waals surface area contributed by atoms with Gasteiger partial charge in [-0.1, -0.05) is 18.2 Å². The summed E-state index contributed by atoms with van der Waals surface area (Å²) in [4.78, 5) is 17.9. The Bertz CT molecular complexity index is 711. The minimum atomic E-state index is -0.862. The molecule has 0 saturated carbocycles. The first-order valence-electron chi connectivity index (χ1n) is 7.73. The highest BCUT2D eigenvalue weighted by molar-refractivity contribution is 5.77. The molecular formula is C17H21N3O3. The number of hydrogen-bond acceptors (Lipinski definition) is 4. The maximum absolute atomic E-state index is 11.9. The Morgan fingerprint density at radius 3 is 3.04 bits per heavy atom. The van der Waals surface area contributed by atoms with Crippen molar-refractivity contribution in [1.29, 1.82) is 0 Å². The molecule has 2 aromatic rings. The molecule has 3 rings (SSSR count). The van der Waals surface area contributed by atoms with Crippen LogP contribution >= 0.6 is 0 Å². The lowest BCUT2D eigenvalue weighted by molar-refractivity contribution is -0.143. The van der Waals surface area contributed by atoms with Gasteiger partial charge < -0.3 is 14.4 Å². The molecule has 0 amide bonds. The molecule has 0 unspecified atom stereocenters. The number of likely N-dealkylation sites (N-methyl/N-ethyl adjacent to an activating group) is 1. The largest absolute Gasteiger partial charge is 0.493 e. The van der Waals surface area contributed by atoms with Crippen LogP contribution in [-0.4, -0.2) is 45.7 Å². The minimum absolute atomic E-state index is 0.609. The number of carboxylic acids is 1.